The predicted molar refractivity (Wildman–Crippen MR) is 81.3 cm³/mol. The van der Waals surface area contributed by atoms with Crippen molar-refractivity contribution in [3.05, 3.63) is 12.7 Å². The van der Waals surface area contributed by atoms with Crippen LogP contribution in [-0.4, -0.2) is 34.4 Å². The number of hydrogen-bond donors (Lipinski definition) is 1. The molecule has 5 aliphatic rings. The molecule has 1 aliphatic heterocycles. The third-order valence-corrected chi connectivity index (χ3v) is 6.80. The van der Waals surface area contributed by atoms with Gasteiger partial charge >= 0.3 is 11.9 Å². The van der Waals surface area contributed by atoms with Crippen molar-refractivity contribution >= 4 is 11.9 Å². The van der Waals surface area contributed by atoms with Crippen LogP contribution in [0.4, 0.5) is 0 Å². The van der Waals surface area contributed by atoms with Gasteiger partial charge in [0.15, 0.2) is 11.7 Å². The minimum Gasteiger partial charge on any atom is -0.455 e. The summed E-state index contributed by atoms with van der Waals surface area (Å²) >= 11 is 0. The van der Waals surface area contributed by atoms with Gasteiger partial charge in [0.05, 0.1) is 12.0 Å². The largest absolute Gasteiger partial charge is 0.455 e. The van der Waals surface area contributed by atoms with Crippen LogP contribution in [0.3, 0.4) is 0 Å². The Hall–Kier alpha value is -1.36. The van der Waals surface area contributed by atoms with Crippen LogP contribution in [0.15, 0.2) is 12.7 Å². The SMILES string of the molecule is C=CC(=O)OC1CC(=O)OC1(C)C12CC3CC(CC(O)(C3)C1)C2. The van der Waals surface area contributed by atoms with E-state index in [1.807, 2.05) is 6.92 Å². The van der Waals surface area contributed by atoms with E-state index in [9.17, 15) is 14.7 Å². The van der Waals surface area contributed by atoms with Gasteiger partial charge < -0.3 is 14.6 Å². The molecule has 5 rings (SSSR count). The Morgan fingerprint density at radius 2 is 2.00 bits per heavy atom. The number of carbonyl (C=O) groups excluding carboxylic acids is 2. The molecule has 0 aromatic carbocycles. The molecule has 5 heteroatoms. The summed E-state index contributed by atoms with van der Waals surface area (Å²) in [6.45, 7) is 5.33. The van der Waals surface area contributed by atoms with Crippen LogP contribution in [-0.2, 0) is 19.1 Å². The molecule has 4 bridgehead atoms. The van der Waals surface area contributed by atoms with Crippen LogP contribution in [0.25, 0.3) is 0 Å². The first-order chi connectivity index (χ1) is 10.8. The summed E-state index contributed by atoms with van der Waals surface area (Å²) in [6, 6.07) is 0. The molecular weight excluding hydrogens is 296 g/mol. The summed E-state index contributed by atoms with van der Waals surface area (Å²) in [5.74, 6) is 0.112. The van der Waals surface area contributed by atoms with E-state index in [4.69, 9.17) is 9.47 Å². The molecule has 0 radical (unpaired) electrons. The number of hydrogen-bond acceptors (Lipinski definition) is 5. The zero-order valence-electron chi connectivity index (χ0n) is 13.5. The molecule has 4 saturated carbocycles. The highest BCUT2D eigenvalue weighted by atomic mass is 16.6. The Morgan fingerprint density at radius 1 is 1.35 bits per heavy atom. The van der Waals surface area contributed by atoms with Crippen LogP contribution in [0.2, 0.25) is 0 Å². The van der Waals surface area contributed by atoms with E-state index in [1.54, 1.807) is 0 Å². The van der Waals surface area contributed by atoms with E-state index in [0.717, 1.165) is 38.2 Å². The molecule has 0 aromatic rings. The third kappa shape index (κ3) is 2.09. The fourth-order valence-corrected chi connectivity index (χ4v) is 6.28. The molecule has 5 fully saturated rings. The maximum Gasteiger partial charge on any atom is 0.330 e. The van der Waals surface area contributed by atoms with Crippen molar-refractivity contribution in [2.45, 2.75) is 69.2 Å². The van der Waals surface area contributed by atoms with E-state index < -0.39 is 23.3 Å². The van der Waals surface area contributed by atoms with Gasteiger partial charge in [0, 0.05) is 11.5 Å². The topological polar surface area (TPSA) is 72.8 Å². The van der Waals surface area contributed by atoms with Crippen molar-refractivity contribution in [3.63, 3.8) is 0 Å². The summed E-state index contributed by atoms with van der Waals surface area (Å²) in [7, 11) is 0. The monoisotopic (exact) mass is 320 g/mol. The summed E-state index contributed by atoms with van der Waals surface area (Å²) < 4.78 is 11.3. The first-order valence-electron chi connectivity index (χ1n) is 8.55. The molecule has 0 aromatic heterocycles. The predicted octanol–water partition coefficient (Wildman–Crippen LogP) is 2.12. The van der Waals surface area contributed by atoms with E-state index in [1.165, 1.54) is 0 Å². The van der Waals surface area contributed by atoms with Crippen molar-refractivity contribution in [1.82, 2.24) is 0 Å². The van der Waals surface area contributed by atoms with Gasteiger partial charge in [0.25, 0.3) is 0 Å². The van der Waals surface area contributed by atoms with Crippen LogP contribution in [0.5, 0.6) is 0 Å². The average molecular weight is 320 g/mol. The van der Waals surface area contributed by atoms with E-state index in [0.29, 0.717) is 18.3 Å². The number of esters is 2. The number of ether oxygens (including phenoxy) is 2. The lowest BCUT2D eigenvalue weighted by Gasteiger charge is -2.64. The molecule has 0 spiro atoms. The summed E-state index contributed by atoms with van der Waals surface area (Å²) in [5.41, 5.74) is -1.78. The van der Waals surface area contributed by atoms with Crippen molar-refractivity contribution in [3.8, 4) is 0 Å². The fourth-order valence-electron chi connectivity index (χ4n) is 6.28. The maximum absolute atomic E-state index is 12.0. The molecule has 126 valence electrons. The van der Waals surface area contributed by atoms with E-state index >= 15 is 0 Å². The quantitative estimate of drug-likeness (QED) is 0.637. The minimum absolute atomic E-state index is 0.0889. The van der Waals surface area contributed by atoms with Crippen LogP contribution in [0.1, 0.15) is 51.9 Å². The normalized spacial score (nSPS) is 50.7. The average Bonchev–Trinajstić information content (AvgIpc) is 2.72. The Labute approximate surface area is 136 Å². The van der Waals surface area contributed by atoms with Crippen LogP contribution < -0.4 is 0 Å². The van der Waals surface area contributed by atoms with Gasteiger partial charge in [-0.15, -0.1) is 0 Å². The van der Waals surface area contributed by atoms with E-state index in [2.05, 4.69) is 6.58 Å². The lowest BCUT2D eigenvalue weighted by molar-refractivity contribution is -0.244. The lowest BCUT2D eigenvalue weighted by Crippen LogP contribution is -2.65. The molecule has 4 unspecified atom stereocenters. The van der Waals surface area contributed by atoms with Gasteiger partial charge in [0.2, 0.25) is 0 Å². The molecule has 5 nitrogen and oxygen atoms in total. The number of rotatable bonds is 3. The van der Waals surface area contributed by atoms with Gasteiger partial charge in [-0.25, -0.2) is 4.79 Å². The molecule has 23 heavy (non-hydrogen) atoms. The van der Waals surface area contributed by atoms with Crippen molar-refractivity contribution in [1.29, 1.82) is 0 Å². The van der Waals surface area contributed by atoms with Gasteiger partial charge in [0.1, 0.15) is 0 Å². The molecule has 4 atom stereocenters. The van der Waals surface area contributed by atoms with Gasteiger partial charge in [-0.3, -0.25) is 4.79 Å². The second-order valence-corrected chi connectivity index (χ2v) is 8.38. The number of carbonyl (C=O) groups is 2. The Balaban J connectivity index is 1.70. The van der Waals surface area contributed by atoms with Gasteiger partial charge in [-0.2, -0.15) is 0 Å². The summed E-state index contributed by atoms with van der Waals surface area (Å²) in [4.78, 5) is 23.7. The highest BCUT2D eigenvalue weighted by Crippen LogP contribution is 2.67. The molecule has 1 heterocycles. The van der Waals surface area contributed by atoms with Gasteiger partial charge in [-0.1, -0.05) is 6.58 Å². The molecule has 1 N–H and O–H groups in total. The van der Waals surface area contributed by atoms with Crippen LogP contribution >= 0.6 is 0 Å². The maximum atomic E-state index is 12.0. The Bertz CT molecular complexity index is 568. The second kappa shape index (κ2) is 4.59. The fraction of sp³-hybridized carbons (Fsp3) is 0.778. The lowest BCUT2D eigenvalue weighted by atomic mass is 9.43. The smallest absolute Gasteiger partial charge is 0.330 e. The highest BCUT2D eigenvalue weighted by Gasteiger charge is 2.69. The Kier molecular flexibility index (Phi) is 3.03. The second-order valence-electron chi connectivity index (χ2n) is 8.38. The number of aliphatic hydroxyl groups is 1. The summed E-state index contributed by atoms with van der Waals surface area (Å²) in [6.07, 6.45) is 6.00. The molecule has 0 amide bonds. The van der Waals surface area contributed by atoms with Crippen molar-refractivity contribution < 1.29 is 24.2 Å². The van der Waals surface area contributed by atoms with Crippen LogP contribution in [0, 0.1) is 17.3 Å². The third-order valence-electron chi connectivity index (χ3n) is 6.80. The molecule has 4 aliphatic carbocycles. The molecular formula is C18H24O5. The molecule has 1 saturated heterocycles. The van der Waals surface area contributed by atoms with E-state index in [-0.39, 0.29) is 17.8 Å². The first-order valence-corrected chi connectivity index (χ1v) is 8.55. The minimum atomic E-state index is -0.853. The standard InChI is InChI=1S/C18H24O5/c1-3-14(19)22-13-5-15(20)23-16(13,2)17-6-11-4-12(7-17)9-18(21,8-11)10-17/h3,11-13,21H,1,4-10H2,2H3. The van der Waals surface area contributed by atoms with Crippen molar-refractivity contribution in [2.24, 2.45) is 17.3 Å². The first kappa shape index (κ1) is 15.2. The van der Waals surface area contributed by atoms with Gasteiger partial charge in [-0.05, 0) is 57.3 Å². The number of cyclic esters (lactones) is 1. The zero-order chi connectivity index (χ0) is 16.5. The highest BCUT2D eigenvalue weighted by molar-refractivity contribution is 5.82. The summed E-state index contributed by atoms with van der Waals surface area (Å²) in [5, 5.41) is 11.0. The Morgan fingerprint density at radius 3 is 2.57 bits per heavy atom. The van der Waals surface area contributed by atoms with Crippen molar-refractivity contribution in [2.75, 3.05) is 0 Å². The zero-order valence-corrected chi connectivity index (χ0v) is 13.5.